The van der Waals surface area contributed by atoms with Crippen LogP contribution in [0, 0.1) is 0 Å². The second-order valence-electron chi connectivity index (χ2n) is 4.48. The first kappa shape index (κ1) is 13.7. The molecule has 0 spiro atoms. The van der Waals surface area contributed by atoms with Gasteiger partial charge in [0.15, 0.2) is 11.5 Å². The van der Waals surface area contributed by atoms with Crippen molar-refractivity contribution in [1.29, 1.82) is 0 Å². The molecule has 0 saturated carbocycles. The maximum Gasteiger partial charge on any atom is 0.157 e. The van der Waals surface area contributed by atoms with Gasteiger partial charge in [-0.1, -0.05) is 29.8 Å². The Hall–Kier alpha value is -1.71. The van der Waals surface area contributed by atoms with Crippen molar-refractivity contribution in [1.82, 2.24) is 5.32 Å². The van der Waals surface area contributed by atoms with Crippen molar-refractivity contribution in [2.75, 3.05) is 0 Å². The number of halogens is 1. The van der Waals surface area contributed by atoms with E-state index in [9.17, 15) is 10.2 Å². The summed E-state index contributed by atoms with van der Waals surface area (Å²) in [5.41, 5.74) is 2.01. The van der Waals surface area contributed by atoms with Crippen molar-refractivity contribution >= 4 is 11.6 Å². The van der Waals surface area contributed by atoms with Gasteiger partial charge in [-0.15, -0.1) is 0 Å². The molecule has 19 heavy (non-hydrogen) atoms. The molecule has 3 N–H and O–H groups in total. The van der Waals surface area contributed by atoms with Gasteiger partial charge in [0.2, 0.25) is 0 Å². The van der Waals surface area contributed by atoms with Gasteiger partial charge >= 0.3 is 0 Å². The van der Waals surface area contributed by atoms with Crippen LogP contribution in [-0.4, -0.2) is 10.2 Å². The smallest absolute Gasteiger partial charge is 0.157 e. The van der Waals surface area contributed by atoms with Crippen LogP contribution in [0.25, 0.3) is 0 Å². The van der Waals surface area contributed by atoms with Crippen molar-refractivity contribution in [3.8, 4) is 11.5 Å². The Bertz CT molecular complexity index is 572. The van der Waals surface area contributed by atoms with Gasteiger partial charge in [-0.25, -0.2) is 0 Å². The molecule has 0 aromatic heterocycles. The van der Waals surface area contributed by atoms with Gasteiger partial charge in [0.1, 0.15) is 0 Å². The molecule has 0 radical (unpaired) electrons. The van der Waals surface area contributed by atoms with Crippen LogP contribution in [0.15, 0.2) is 42.5 Å². The largest absolute Gasteiger partial charge is 0.504 e. The van der Waals surface area contributed by atoms with E-state index in [0.29, 0.717) is 11.6 Å². The lowest BCUT2D eigenvalue weighted by Crippen LogP contribution is -2.17. The lowest BCUT2D eigenvalue weighted by molar-refractivity contribution is 0.402. The highest BCUT2D eigenvalue weighted by Crippen LogP contribution is 2.25. The predicted molar refractivity (Wildman–Crippen MR) is 76.5 cm³/mol. The Kier molecular flexibility index (Phi) is 4.30. The first-order chi connectivity index (χ1) is 9.06. The summed E-state index contributed by atoms with van der Waals surface area (Å²) < 4.78 is 0. The number of aromatic hydroxyl groups is 2. The quantitative estimate of drug-likeness (QED) is 0.749. The van der Waals surface area contributed by atoms with Gasteiger partial charge in [-0.2, -0.15) is 0 Å². The van der Waals surface area contributed by atoms with E-state index in [4.69, 9.17) is 11.6 Å². The summed E-state index contributed by atoms with van der Waals surface area (Å²) in [5.74, 6) is -0.207. The second-order valence-corrected chi connectivity index (χ2v) is 4.92. The number of nitrogens with one attached hydrogen (secondary N) is 1. The zero-order valence-electron chi connectivity index (χ0n) is 10.6. The molecule has 0 fully saturated rings. The first-order valence-electron chi connectivity index (χ1n) is 6.06. The van der Waals surface area contributed by atoms with Gasteiger partial charge in [0.25, 0.3) is 0 Å². The van der Waals surface area contributed by atoms with E-state index in [1.807, 2.05) is 31.2 Å². The van der Waals surface area contributed by atoms with Crippen LogP contribution in [0.3, 0.4) is 0 Å². The number of phenols is 2. The van der Waals surface area contributed by atoms with Crippen LogP contribution in [-0.2, 0) is 6.54 Å². The maximum atomic E-state index is 9.42. The summed E-state index contributed by atoms with van der Waals surface area (Å²) in [6, 6.07) is 12.6. The van der Waals surface area contributed by atoms with Crippen molar-refractivity contribution in [3.63, 3.8) is 0 Å². The summed E-state index contributed by atoms with van der Waals surface area (Å²) in [4.78, 5) is 0. The number of benzene rings is 2. The normalized spacial score (nSPS) is 12.3. The molecule has 0 saturated heterocycles. The zero-order chi connectivity index (χ0) is 13.8. The van der Waals surface area contributed by atoms with Crippen LogP contribution in [0.4, 0.5) is 0 Å². The van der Waals surface area contributed by atoms with E-state index in [1.54, 1.807) is 12.1 Å². The Morgan fingerprint density at radius 1 is 1.11 bits per heavy atom. The highest BCUT2D eigenvalue weighted by molar-refractivity contribution is 6.30. The lowest BCUT2D eigenvalue weighted by atomic mass is 10.1. The molecule has 1 atom stereocenters. The third-order valence-corrected chi connectivity index (χ3v) is 3.24. The van der Waals surface area contributed by atoms with Gasteiger partial charge < -0.3 is 15.5 Å². The van der Waals surface area contributed by atoms with E-state index in [1.165, 1.54) is 6.07 Å². The Morgan fingerprint density at radius 3 is 2.58 bits per heavy atom. The molecule has 0 aliphatic heterocycles. The van der Waals surface area contributed by atoms with Gasteiger partial charge in [-0.05, 0) is 42.3 Å². The van der Waals surface area contributed by atoms with Crippen molar-refractivity contribution < 1.29 is 10.2 Å². The Labute approximate surface area is 117 Å². The minimum atomic E-state index is -0.105. The first-order valence-corrected chi connectivity index (χ1v) is 6.44. The number of phenolic OH excluding ortho intramolecular Hbond substituents is 2. The van der Waals surface area contributed by atoms with E-state index >= 15 is 0 Å². The predicted octanol–water partition coefficient (Wildman–Crippen LogP) is 3.60. The highest BCUT2D eigenvalue weighted by Gasteiger charge is 2.06. The summed E-state index contributed by atoms with van der Waals surface area (Å²) in [6.07, 6.45) is 0. The third kappa shape index (κ3) is 3.63. The molecule has 3 nitrogen and oxygen atoms in total. The van der Waals surface area contributed by atoms with Crippen molar-refractivity contribution in [2.24, 2.45) is 0 Å². The minimum absolute atomic E-state index is 0.102. The fourth-order valence-electron chi connectivity index (χ4n) is 1.84. The zero-order valence-corrected chi connectivity index (χ0v) is 11.4. The molecule has 4 heteroatoms. The van der Waals surface area contributed by atoms with E-state index in [0.717, 1.165) is 11.1 Å². The van der Waals surface area contributed by atoms with Crippen LogP contribution in [0.1, 0.15) is 24.1 Å². The summed E-state index contributed by atoms with van der Waals surface area (Å²) in [5, 5.41) is 22.7. The van der Waals surface area contributed by atoms with Crippen LogP contribution < -0.4 is 5.32 Å². The molecule has 0 aliphatic carbocycles. The number of rotatable bonds is 4. The minimum Gasteiger partial charge on any atom is -0.504 e. The SMILES string of the molecule is CC(NCc1ccc(O)c(O)c1)c1cccc(Cl)c1. The molecule has 2 aromatic carbocycles. The van der Waals surface area contributed by atoms with Crippen molar-refractivity contribution in [3.05, 3.63) is 58.6 Å². The topological polar surface area (TPSA) is 52.5 Å². The molecule has 100 valence electrons. The number of hydrogen-bond acceptors (Lipinski definition) is 3. The molecular weight excluding hydrogens is 262 g/mol. The molecular formula is C15H16ClNO2. The van der Waals surface area contributed by atoms with E-state index < -0.39 is 0 Å². The van der Waals surface area contributed by atoms with E-state index in [-0.39, 0.29) is 17.5 Å². The van der Waals surface area contributed by atoms with E-state index in [2.05, 4.69) is 5.32 Å². The molecule has 0 bridgehead atoms. The highest BCUT2D eigenvalue weighted by atomic mass is 35.5. The molecule has 1 unspecified atom stereocenters. The molecule has 0 heterocycles. The van der Waals surface area contributed by atoms with Crippen LogP contribution in [0.2, 0.25) is 5.02 Å². The Morgan fingerprint density at radius 2 is 1.89 bits per heavy atom. The lowest BCUT2D eigenvalue weighted by Gasteiger charge is -2.15. The summed E-state index contributed by atoms with van der Waals surface area (Å²) in [6.45, 7) is 2.65. The summed E-state index contributed by atoms with van der Waals surface area (Å²) >= 11 is 5.96. The maximum absolute atomic E-state index is 9.42. The van der Waals surface area contributed by atoms with Gasteiger partial charge in [0, 0.05) is 17.6 Å². The Balaban J connectivity index is 2.00. The molecule has 0 aliphatic rings. The fraction of sp³-hybridized carbons (Fsp3) is 0.200. The third-order valence-electron chi connectivity index (χ3n) is 3.00. The van der Waals surface area contributed by atoms with Gasteiger partial charge in [-0.3, -0.25) is 0 Å². The van der Waals surface area contributed by atoms with Crippen LogP contribution >= 0.6 is 11.6 Å². The van der Waals surface area contributed by atoms with Gasteiger partial charge in [0.05, 0.1) is 0 Å². The fourth-order valence-corrected chi connectivity index (χ4v) is 2.04. The average Bonchev–Trinajstić information content (AvgIpc) is 2.40. The molecule has 2 rings (SSSR count). The van der Waals surface area contributed by atoms with Crippen molar-refractivity contribution in [2.45, 2.75) is 19.5 Å². The molecule has 0 amide bonds. The monoisotopic (exact) mass is 277 g/mol. The summed E-state index contributed by atoms with van der Waals surface area (Å²) in [7, 11) is 0. The van der Waals surface area contributed by atoms with Crippen LogP contribution in [0.5, 0.6) is 11.5 Å². The average molecular weight is 278 g/mol. The standard InChI is InChI=1S/C15H16ClNO2/c1-10(12-3-2-4-13(16)8-12)17-9-11-5-6-14(18)15(19)7-11/h2-8,10,17-19H,9H2,1H3. The number of hydrogen-bond donors (Lipinski definition) is 3. The second kappa shape index (κ2) is 5.95. The molecule has 2 aromatic rings.